The lowest BCUT2D eigenvalue weighted by molar-refractivity contribution is -0.282. The number of hydrogen-bond acceptors (Lipinski definition) is 12. The zero-order valence-corrected chi connectivity index (χ0v) is 22.6. The minimum absolute atomic E-state index is 0.263. The molecule has 0 amide bonds. The lowest BCUT2D eigenvalue weighted by Crippen LogP contribution is -2.64. The molecule has 2 fully saturated rings. The summed E-state index contributed by atoms with van der Waals surface area (Å²) in [5.74, 6) is -3.25. The third kappa shape index (κ3) is 7.46. The lowest BCUT2D eigenvalue weighted by Gasteiger charge is -2.43. The molecule has 1 aromatic rings. The molecule has 2 aliphatic rings. The van der Waals surface area contributed by atoms with Gasteiger partial charge in [0.15, 0.2) is 18.3 Å². The van der Waals surface area contributed by atoms with Gasteiger partial charge in [0.2, 0.25) is 12.4 Å². The van der Waals surface area contributed by atoms with Crippen LogP contribution in [0.5, 0.6) is 5.75 Å². The first kappa shape index (κ1) is 30.3. The van der Waals surface area contributed by atoms with Crippen LogP contribution in [-0.2, 0) is 42.9 Å². The highest BCUT2D eigenvalue weighted by Gasteiger charge is 2.55. The van der Waals surface area contributed by atoms with Crippen molar-refractivity contribution < 1.29 is 52.7 Å². The van der Waals surface area contributed by atoms with Crippen molar-refractivity contribution in [1.29, 1.82) is 0 Å². The van der Waals surface area contributed by atoms with Gasteiger partial charge in [-0.2, -0.15) is 0 Å². The Kier molecular flexibility index (Phi) is 10.3. The standard InChI is InChI=1S/C27H37NO11/c1-15(29)35-21-22(36-16(2)30)24(37-17(3)31)26(39-23(21)25(32)34-4)38-19-10-8-18(9-11-19)20(14-28)27(33)12-6-5-7-13-27/h8-11,20-24,26,33H,5-7,12-14,28H2,1-4H3. The first-order valence-electron chi connectivity index (χ1n) is 12.9. The lowest BCUT2D eigenvalue weighted by atomic mass is 9.73. The molecule has 1 aromatic carbocycles. The van der Waals surface area contributed by atoms with Crippen molar-refractivity contribution in [1.82, 2.24) is 0 Å². The zero-order chi connectivity index (χ0) is 28.7. The average molecular weight is 552 g/mol. The molecular weight excluding hydrogens is 514 g/mol. The highest BCUT2D eigenvalue weighted by atomic mass is 16.7. The summed E-state index contributed by atoms with van der Waals surface area (Å²) in [6.07, 6.45) is -3.05. The van der Waals surface area contributed by atoms with Crippen LogP contribution in [0, 0.1) is 0 Å². The molecule has 1 heterocycles. The van der Waals surface area contributed by atoms with E-state index < -0.39 is 60.2 Å². The molecule has 216 valence electrons. The third-order valence-electron chi connectivity index (χ3n) is 6.97. The second-order valence-electron chi connectivity index (χ2n) is 9.81. The second kappa shape index (κ2) is 13.2. The Balaban J connectivity index is 1.92. The molecule has 1 aliphatic carbocycles. The molecule has 3 N–H and O–H groups in total. The number of ether oxygens (including phenoxy) is 6. The van der Waals surface area contributed by atoms with Gasteiger partial charge in [-0.05, 0) is 30.5 Å². The summed E-state index contributed by atoms with van der Waals surface area (Å²) in [5, 5.41) is 11.2. The van der Waals surface area contributed by atoms with Crippen molar-refractivity contribution in [3.8, 4) is 5.75 Å². The smallest absolute Gasteiger partial charge is 0.339 e. The summed E-state index contributed by atoms with van der Waals surface area (Å²) < 4.78 is 32.5. The SMILES string of the molecule is COC(=O)C1OC(Oc2ccc(C(CN)C3(O)CCCCC3)cc2)C(OC(C)=O)C(OC(C)=O)C1OC(C)=O. The van der Waals surface area contributed by atoms with Gasteiger partial charge in [0.25, 0.3) is 0 Å². The van der Waals surface area contributed by atoms with E-state index in [1.165, 1.54) is 0 Å². The van der Waals surface area contributed by atoms with Crippen LogP contribution in [0.2, 0.25) is 0 Å². The van der Waals surface area contributed by atoms with Gasteiger partial charge in [-0.1, -0.05) is 31.4 Å². The Morgan fingerprint density at radius 2 is 1.46 bits per heavy atom. The third-order valence-corrected chi connectivity index (χ3v) is 6.97. The van der Waals surface area contributed by atoms with Crippen molar-refractivity contribution in [3.05, 3.63) is 29.8 Å². The van der Waals surface area contributed by atoms with Crippen LogP contribution in [-0.4, -0.2) is 78.9 Å². The van der Waals surface area contributed by atoms with Crippen LogP contribution >= 0.6 is 0 Å². The van der Waals surface area contributed by atoms with Gasteiger partial charge in [-0.3, -0.25) is 14.4 Å². The summed E-state index contributed by atoms with van der Waals surface area (Å²) in [7, 11) is 1.11. The largest absolute Gasteiger partial charge is 0.467 e. The van der Waals surface area contributed by atoms with Gasteiger partial charge in [0, 0.05) is 33.2 Å². The molecule has 1 saturated carbocycles. The van der Waals surface area contributed by atoms with E-state index in [9.17, 15) is 24.3 Å². The van der Waals surface area contributed by atoms with E-state index in [1.54, 1.807) is 24.3 Å². The summed E-state index contributed by atoms with van der Waals surface area (Å²) in [4.78, 5) is 48.3. The molecule has 1 aliphatic heterocycles. The fourth-order valence-electron chi connectivity index (χ4n) is 5.27. The van der Waals surface area contributed by atoms with Crippen LogP contribution in [0.3, 0.4) is 0 Å². The van der Waals surface area contributed by atoms with E-state index in [2.05, 4.69) is 0 Å². The molecular formula is C27H37NO11. The van der Waals surface area contributed by atoms with Crippen molar-refractivity contribution in [3.63, 3.8) is 0 Å². The van der Waals surface area contributed by atoms with Crippen molar-refractivity contribution in [2.45, 2.75) is 95.1 Å². The maximum Gasteiger partial charge on any atom is 0.339 e. The molecule has 0 radical (unpaired) electrons. The number of esters is 4. The van der Waals surface area contributed by atoms with Crippen molar-refractivity contribution in [2.24, 2.45) is 5.73 Å². The predicted octanol–water partition coefficient (Wildman–Crippen LogP) is 1.50. The Morgan fingerprint density at radius 1 is 0.923 bits per heavy atom. The minimum atomic E-state index is -1.55. The summed E-state index contributed by atoms with van der Waals surface area (Å²) >= 11 is 0. The molecule has 1 saturated heterocycles. The van der Waals surface area contributed by atoms with E-state index >= 15 is 0 Å². The van der Waals surface area contributed by atoms with Gasteiger partial charge in [0.1, 0.15) is 5.75 Å². The molecule has 0 bridgehead atoms. The highest BCUT2D eigenvalue weighted by Crippen LogP contribution is 2.40. The molecule has 3 rings (SSSR count). The van der Waals surface area contributed by atoms with Gasteiger partial charge < -0.3 is 39.3 Å². The maximum absolute atomic E-state index is 12.6. The fraction of sp³-hybridized carbons (Fsp3) is 0.630. The van der Waals surface area contributed by atoms with Gasteiger partial charge in [-0.15, -0.1) is 0 Å². The monoisotopic (exact) mass is 551 g/mol. The fourth-order valence-corrected chi connectivity index (χ4v) is 5.27. The number of methoxy groups -OCH3 is 1. The minimum Gasteiger partial charge on any atom is -0.467 e. The number of hydrogen-bond donors (Lipinski definition) is 2. The maximum atomic E-state index is 12.6. The van der Waals surface area contributed by atoms with E-state index in [-0.39, 0.29) is 18.2 Å². The number of nitrogens with two attached hydrogens (primary N) is 1. The number of carbonyl (C=O) groups excluding carboxylic acids is 4. The second-order valence-corrected chi connectivity index (χ2v) is 9.81. The summed E-state index contributed by atoms with van der Waals surface area (Å²) in [5.41, 5.74) is 5.99. The molecule has 0 aromatic heterocycles. The molecule has 39 heavy (non-hydrogen) atoms. The van der Waals surface area contributed by atoms with Crippen LogP contribution in [0.15, 0.2) is 24.3 Å². The number of aliphatic hydroxyl groups is 1. The van der Waals surface area contributed by atoms with Crippen LogP contribution in [0.1, 0.15) is 64.4 Å². The van der Waals surface area contributed by atoms with Crippen LogP contribution in [0.4, 0.5) is 0 Å². The van der Waals surface area contributed by atoms with E-state index in [0.717, 1.165) is 52.7 Å². The molecule has 6 atom stereocenters. The van der Waals surface area contributed by atoms with Crippen molar-refractivity contribution in [2.75, 3.05) is 13.7 Å². The topological polar surface area (TPSA) is 170 Å². The normalized spacial score (nSPS) is 27.0. The summed E-state index contributed by atoms with van der Waals surface area (Å²) in [6, 6.07) is 6.80. The first-order valence-corrected chi connectivity index (χ1v) is 12.9. The summed E-state index contributed by atoms with van der Waals surface area (Å²) in [6.45, 7) is 3.61. The molecule has 0 spiro atoms. The van der Waals surface area contributed by atoms with Gasteiger partial charge in [-0.25, -0.2) is 4.79 Å². The Hall–Kier alpha value is -3.22. The molecule has 12 nitrogen and oxygen atoms in total. The Bertz CT molecular complexity index is 1020. The molecule has 12 heteroatoms. The Morgan fingerprint density at radius 3 is 1.97 bits per heavy atom. The van der Waals surface area contributed by atoms with E-state index in [1.807, 2.05) is 0 Å². The van der Waals surface area contributed by atoms with Crippen LogP contribution < -0.4 is 10.5 Å². The predicted molar refractivity (Wildman–Crippen MR) is 134 cm³/mol. The first-order chi connectivity index (χ1) is 18.5. The van der Waals surface area contributed by atoms with E-state index in [4.69, 9.17) is 34.2 Å². The van der Waals surface area contributed by atoms with E-state index in [0.29, 0.717) is 12.8 Å². The van der Waals surface area contributed by atoms with Gasteiger partial charge >= 0.3 is 23.9 Å². The number of benzene rings is 1. The zero-order valence-electron chi connectivity index (χ0n) is 22.6. The number of rotatable bonds is 9. The Labute approximate surface area is 227 Å². The highest BCUT2D eigenvalue weighted by molar-refractivity contribution is 5.77. The molecule has 6 unspecified atom stereocenters. The average Bonchev–Trinajstić information content (AvgIpc) is 2.87. The van der Waals surface area contributed by atoms with Crippen LogP contribution in [0.25, 0.3) is 0 Å². The number of carbonyl (C=O) groups is 4. The quantitative estimate of drug-likeness (QED) is 0.335. The van der Waals surface area contributed by atoms with Gasteiger partial charge in [0.05, 0.1) is 12.7 Å². The van der Waals surface area contributed by atoms with Crippen molar-refractivity contribution >= 4 is 23.9 Å².